The van der Waals surface area contributed by atoms with Crippen molar-refractivity contribution in [3.05, 3.63) is 48.0 Å². The number of H-pyrrole nitrogens is 1. The van der Waals surface area contributed by atoms with Crippen LogP contribution < -0.4 is 16.4 Å². The molecule has 2 aromatic rings. The van der Waals surface area contributed by atoms with Gasteiger partial charge in [0.25, 0.3) is 0 Å². The fraction of sp³-hybridized carbons (Fsp3) is 0.231. The van der Waals surface area contributed by atoms with Crippen molar-refractivity contribution in [2.45, 2.75) is 19.5 Å². The van der Waals surface area contributed by atoms with Gasteiger partial charge in [-0.25, -0.2) is 9.78 Å². The molecule has 0 bridgehead atoms. The Kier molecular flexibility index (Phi) is 4.15. The molecule has 0 aliphatic carbocycles. The highest BCUT2D eigenvalue weighted by molar-refractivity contribution is 5.87. The number of urea groups is 1. The van der Waals surface area contributed by atoms with Gasteiger partial charge in [-0.15, -0.1) is 0 Å². The summed E-state index contributed by atoms with van der Waals surface area (Å²) in [6.07, 6.45) is 3.45. The van der Waals surface area contributed by atoms with E-state index in [0.717, 1.165) is 17.8 Å². The topological polar surface area (TPSA) is 95.8 Å². The fourth-order valence-electron chi connectivity index (χ4n) is 1.76. The Morgan fingerprint density at radius 2 is 2.16 bits per heavy atom. The Balaban J connectivity index is 1.91. The number of nitrogens with zero attached hydrogens (tertiary/aromatic N) is 1. The number of nitrogens with one attached hydrogen (secondary N) is 3. The third kappa shape index (κ3) is 3.82. The van der Waals surface area contributed by atoms with Crippen LogP contribution >= 0.6 is 0 Å². The molecule has 1 unspecified atom stereocenters. The number of anilines is 1. The molecular formula is C13H17N5O. The first-order valence-corrected chi connectivity index (χ1v) is 6.02. The number of amides is 2. The van der Waals surface area contributed by atoms with Gasteiger partial charge in [0.15, 0.2) is 0 Å². The molecule has 0 spiro atoms. The molecule has 0 saturated carbocycles. The van der Waals surface area contributed by atoms with E-state index in [1.54, 1.807) is 12.5 Å². The standard InChI is InChI=1S/C13H17N5O/c1-9(16-7-12-6-15-8-17-12)10-2-4-11(5-3-10)18-13(14)19/h2-6,8-9,16H,7H2,1H3,(H,15,17)(H3,14,18,19). The number of rotatable bonds is 5. The number of aromatic amines is 1. The van der Waals surface area contributed by atoms with E-state index < -0.39 is 6.03 Å². The summed E-state index contributed by atoms with van der Waals surface area (Å²) in [5, 5.41) is 5.91. The lowest BCUT2D eigenvalue weighted by Crippen LogP contribution is -2.20. The van der Waals surface area contributed by atoms with E-state index in [0.29, 0.717) is 5.69 Å². The predicted molar refractivity (Wildman–Crippen MR) is 73.5 cm³/mol. The molecule has 19 heavy (non-hydrogen) atoms. The highest BCUT2D eigenvalue weighted by Crippen LogP contribution is 2.16. The molecule has 2 amide bonds. The van der Waals surface area contributed by atoms with E-state index in [2.05, 4.69) is 27.5 Å². The Bertz CT molecular complexity index is 520. The molecule has 0 aliphatic rings. The smallest absolute Gasteiger partial charge is 0.316 e. The first-order chi connectivity index (χ1) is 9.15. The third-order valence-electron chi connectivity index (χ3n) is 2.83. The first kappa shape index (κ1) is 13.1. The maximum Gasteiger partial charge on any atom is 0.316 e. The average Bonchev–Trinajstić information content (AvgIpc) is 2.89. The maximum atomic E-state index is 10.7. The zero-order valence-corrected chi connectivity index (χ0v) is 10.7. The molecule has 0 fully saturated rings. The van der Waals surface area contributed by atoms with Crippen molar-refractivity contribution >= 4 is 11.7 Å². The van der Waals surface area contributed by atoms with Gasteiger partial charge in [0.2, 0.25) is 0 Å². The third-order valence-corrected chi connectivity index (χ3v) is 2.83. The number of benzene rings is 1. The van der Waals surface area contributed by atoms with Crippen molar-refractivity contribution in [2.75, 3.05) is 5.32 Å². The van der Waals surface area contributed by atoms with Gasteiger partial charge < -0.3 is 21.4 Å². The summed E-state index contributed by atoms with van der Waals surface area (Å²) >= 11 is 0. The summed E-state index contributed by atoms with van der Waals surface area (Å²) in [5.74, 6) is 0. The van der Waals surface area contributed by atoms with Crippen LogP contribution in [0.4, 0.5) is 10.5 Å². The number of hydrogen-bond donors (Lipinski definition) is 4. The summed E-state index contributed by atoms with van der Waals surface area (Å²) in [5.41, 5.74) is 7.92. The highest BCUT2D eigenvalue weighted by Gasteiger charge is 2.05. The van der Waals surface area contributed by atoms with Gasteiger partial charge in [-0.05, 0) is 24.6 Å². The number of primary amides is 1. The number of imidazole rings is 1. The van der Waals surface area contributed by atoms with Crippen LogP contribution in [0.5, 0.6) is 0 Å². The minimum absolute atomic E-state index is 0.200. The lowest BCUT2D eigenvalue weighted by Gasteiger charge is -2.14. The van der Waals surface area contributed by atoms with Crippen molar-refractivity contribution in [3.63, 3.8) is 0 Å². The molecule has 0 saturated heterocycles. The molecule has 1 aromatic carbocycles. The van der Waals surface area contributed by atoms with Gasteiger partial charge in [0.05, 0.1) is 6.33 Å². The first-order valence-electron chi connectivity index (χ1n) is 6.02. The van der Waals surface area contributed by atoms with Crippen LogP contribution in [0.2, 0.25) is 0 Å². The number of aromatic nitrogens is 2. The number of nitrogens with two attached hydrogens (primary N) is 1. The van der Waals surface area contributed by atoms with Gasteiger partial charge in [-0.3, -0.25) is 0 Å². The molecule has 2 rings (SSSR count). The van der Waals surface area contributed by atoms with Gasteiger partial charge in [0, 0.05) is 30.2 Å². The van der Waals surface area contributed by atoms with Crippen LogP contribution in [0, 0.1) is 0 Å². The van der Waals surface area contributed by atoms with E-state index in [4.69, 9.17) is 5.73 Å². The summed E-state index contributed by atoms with van der Waals surface area (Å²) in [7, 11) is 0. The highest BCUT2D eigenvalue weighted by atomic mass is 16.2. The summed E-state index contributed by atoms with van der Waals surface area (Å²) in [4.78, 5) is 17.7. The molecule has 100 valence electrons. The van der Waals surface area contributed by atoms with Crippen LogP contribution in [0.1, 0.15) is 24.2 Å². The normalized spacial score (nSPS) is 12.1. The SMILES string of the molecule is CC(NCc1cnc[nH]1)c1ccc(NC(N)=O)cc1. The largest absolute Gasteiger partial charge is 0.351 e. The van der Waals surface area contributed by atoms with Crippen molar-refractivity contribution in [2.24, 2.45) is 5.73 Å². The number of carbonyl (C=O) groups is 1. The number of carbonyl (C=O) groups excluding carboxylic acids is 1. The maximum absolute atomic E-state index is 10.7. The molecule has 1 aromatic heterocycles. The van der Waals surface area contributed by atoms with Gasteiger partial charge in [0.1, 0.15) is 0 Å². The Labute approximate surface area is 111 Å². The molecule has 0 radical (unpaired) electrons. The summed E-state index contributed by atoms with van der Waals surface area (Å²) in [6.45, 7) is 2.80. The molecule has 0 aliphatic heterocycles. The zero-order valence-electron chi connectivity index (χ0n) is 10.7. The molecule has 6 heteroatoms. The second-order valence-corrected chi connectivity index (χ2v) is 4.29. The Hall–Kier alpha value is -2.34. The average molecular weight is 259 g/mol. The van der Waals surface area contributed by atoms with Crippen molar-refractivity contribution in [1.82, 2.24) is 15.3 Å². The van der Waals surface area contributed by atoms with Crippen molar-refractivity contribution in [3.8, 4) is 0 Å². The second-order valence-electron chi connectivity index (χ2n) is 4.29. The second kappa shape index (κ2) is 6.01. The van der Waals surface area contributed by atoms with E-state index in [1.807, 2.05) is 24.3 Å². The van der Waals surface area contributed by atoms with Crippen LogP contribution in [-0.4, -0.2) is 16.0 Å². The quantitative estimate of drug-likeness (QED) is 0.658. The van der Waals surface area contributed by atoms with Crippen LogP contribution in [0.15, 0.2) is 36.8 Å². The molecular weight excluding hydrogens is 242 g/mol. The molecule has 1 atom stereocenters. The lowest BCUT2D eigenvalue weighted by molar-refractivity contribution is 0.259. The molecule has 5 N–H and O–H groups in total. The van der Waals surface area contributed by atoms with Crippen molar-refractivity contribution < 1.29 is 4.79 Å². The summed E-state index contributed by atoms with van der Waals surface area (Å²) in [6, 6.07) is 7.21. The predicted octanol–water partition coefficient (Wildman–Crippen LogP) is 1.75. The molecule has 6 nitrogen and oxygen atoms in total. The van der Waals surface area contributed by atoms with Gasteiger partial charge >= 0.3 is 6.03 Å². The zero-order chi connectivity index (χ0) is 13.7. The molecule has 1 heterocycles. The lowest BCUT2D eigenvalue weighted by atomic mass is 10.1. The van der Waals surface area contributed by atoms with Crippen LogP contribution in [-0.2, 0) is 6.54 Å². The van der Waals surface area contributed by atoms with E-state index in [-0.39, 0.29) is 6.04 Å². The number of hydrogen-bond acceptors (Lipinski definition) is 3. The van der Waals surface area contributed by atoms with Crippen molar-refractivity contribution in [1.29, 1.82) is 0 Å². The Morgan fingerprint density at radius 3 is 2.74 bits per heavy atom. The monoisotopic (exact) mass is 259 g/mol. The van der Waals surface area contributed by atoms with Gasteiger partial charge in [-0.2, -0.15) is 0 Å². The van der Waals surface area contributed by atoms with Crippen LogP contribution in [0.3, 0.4) is 0 Å². The fourth-order valence-corrected chi connectivity index (χ4v) is 1.76. The van der Waals surface area contributed by atoms with Gasteiger partial charge in [-0.1, -0.05) is 12.1 Å². The van der Waals surface area contributed by atoms with Crippen LogP contribution in [0.25, 0.3) is 0 Å². The summed E-state index contributed by atoms with van der Waals surface area (Å²) < 4.78 is 0. The van der Waals surface area contributed by atoms with E-state index in [1.165, 1.54) is 0 Å². The Morgan fingerprint density at radius 1 is 1.42 bits per heavy atom. The minimum Gasteiger partial charge on any atom is -0.351 e. The van der Waals surface area contributed by atoms with E-state index in [9.17, 15) is 4.79 Å². The van der Waals surface area contributed by atoms with E-state index >= 15 is 0 Å². The minimum atomic E-state index is -0.557.